The highest BCUT2D eigenvalue weighted by atomic mass is 35.5. The molecule has 1 aromatic rings. The lowest BCUT2D eigenvalue weighted by molar-refractivity contribution is 0.113. The van der Waals surface area contributed by atoms with E-state index in [0.717, 1.165) is 42.7 Å². The van der Waals surface area contributed by atoms with Crippen molar-refractivity contribution in [3.05, 3.63) is 23.5 Å². The van der Waals surface area contributed by atoms with E-state index in [1.54, 1.807) is 7.11 Å². The molecule has 0 spiro atoms. The number of likely N-dealkylation sites (tertiary alicyclic amines) is 1. The molecule has 1 aliphatic heterocycles. The van der Waals surface area contributed by atoms with Gasteiger partial charge in [-0.3, -0.25) is 9.88 Å². The van der Waals surface area contributed by atoms with Crippen molar-refractivity contribution in [1.82, 2.24) is 9.88 Å². The molecule has 0 bridgehead atoms. The smallest absolute Gasteiger partial charge is 0.122 e. The summed E-state index contributed by atoms with van der Waals surface area (Å²) in [6, 6.07) is 4.47. The summed E-state index contributed by atoms with van der Waals surface area (Å²) in [5.74, 6) is 1.67. The number of rotatable bonds is 4. The van der Waals surface area contributed by atoms with Gasteiger partial charge in [0.2, 0.25) is 0 Å². The standard InChI is InChI=1S/C15H25N3O.ClH/c1-11-4-5-18(14(6-11)9-16)10-13-8-15(19-3)7-12(2)17-13;/h7-8,11,14H,4-6,9-10,16H2,1-3H3;1H. The third kappa shape index (κ3) is 4.33. The number of nitrogens with zero attached hydrogens (tertiary/aromatic N) is 2. The minimum atomic E-state index is 0. The average molecular weight is 300 g/mol. The Morgan fingerprint density at radius 3 is 2.85 bits per heavy atom. The Morgan fingerprint density at radius 1 is 1.45 bits per heavy atom. The van der Waals surface area contributed by atoms with Crippen LogP contribution in [0, 0.1) is 12.8 Å². The molecule has 1 saturated heterocycles. The van der Waals surface area contributed by atoms with Crippen LogP contribution in [0.5, 0.6) is 5.75 Å². The summed E-state index contributed by atoms with van der Waals surface area (Å²) in [5, 5.41) is 0. The molecule has 0 amide bonds. The van der Waals surface area contributed by atoms with Gasteiger partial charge in [0.1, 0.15) is 5.75 Å². The molecule has 20 heavy (non-hydrogen) atoms. The van der Waals surface area contributed by atoms with Crippen molar-refractivity contribution in [3.8, 4) is 5.75 Å². The fourth-order valence-electron chi connectivity index (χ4n) is 2.86. The molecule has 4 nitrogen and oxygen atoms in total. The van der Waals surface area contributed by atoms with Crippen LogP contribution in [-0.2, 0) is 6.54 Å². The number of aromatic nitrogens is 1. The van der Waals surface area contributed by atoms with Gasteiger partial charge >= 0.3 is 0 Å². The van der Waals surface area contributed by atoms with Crippen molar-refractivity contribution >= 4 is 12.4 Å². The number of ether oxygens (including phenoxy) is 1. The van der Waals surface area contributed by atoms with Crippen molar-refractivity contribution in [2.24, 2.45) is 11.7 Å². The molecule has 5 heteroatoms. The predicted molar refractivity (Wildman–Crippen MR) is 84.4 cm³/mol. The molecule has 0 aliphatic carbocycles. The molecule has 2 heterocycles. The van der Waals surface area contributed by atoms with Crippen molar-refractivity contribution < 1.29 is 4.74 Å². The van der Waals surface area contributed by atoms with Crippen LogP contribution >= 0.6 is 12.4 Å². The molecule has 1 aliphatic rings. The topological polar surface area (TPSA) is 51.4 Å². The number of methoxy groups -OCH3 is 1. The molecule has 1 aromatic heterocycles. The van der Waals surface area contributed by atoms with Gasteiger partial charge in [-0.05, 0) is 32.2 Å². The first-order chi connectivity index (χ1) is 9.12. The number of piperidine rings is 1. The van der Waals surface area contributed by atoms with E-state index in [4.69, 9.17) is 10.5 Å². The highest BCUT2D eigenvalue weighted by molar-refractivity contribution is 5.85. The van der Waals surface area contributed by atoms with Gasteiger partial charge in [0.15, 0.2) is 0 Å². The van der Waals surface area contributed by atoms with Crippen molar-refractivity contribution in [2.45, 2.75) is 39.3 Å². The average Bonchev–Trinajstić information content (AvgIpc) is 2.40. The molecule has 2 unspecified atom stereocenters. The van der Waals surface area contributed by atoms with E-state index in [2.05, 4.69) is 16.8 Å². The van der Waals surface area contributed by atoms with Gasteiger partial charge in [-0.1, -0.05) is 6.92 Å². The molecule has 0 saturated carbocycles. The van der Waals surface area contributed by atoms with E-state index < -0.39 is 0 Å². The number of aryl methyl sites for hydroxylation is 1. The third-order valence-corrected chi connectivity index (χ3v) is 3.95. The normalized spacial score (nSPS) is 23.2. The summed E-state index contributed by atoms with van der Waals surface area (Å²) in [4.78, 5) is 7.06. The maximum absolute atomic E-state index is 5.91. The Balaban J connectivity index is 0.00000200. The Kier molecular flexibility index (Phi) is 6.72. The first-order valence-electron chi connectivity index (χ1n) is 7.08. The van der Waals surface area contributed by atoms with Crippen LogP contribution in [-0.4, -0.2) is 36.1 Å². The van der Waals surface area contributed by atoms with Crippen LogP contribution in [0.4, 0.5) is 0 Å². The zero-order chi connectivity index (χ0) is 13.8. The van der Waals surface area contributed by atoms with Gasteiger partial charge in [-0.25, -0.2) is 0 Å². The lowest BCUT2D eigenvalue weighted by Crippen LogP contribution is -2.45. The number of pyridine rings is 1. The van der Waals surface area contributed by atoms with Crippen LogP contribution < -0.4 is 10.5 Å². The Hall–Kier alpha value is -0.840. The fraction of sp³-hybridized carbons (Fsp3) is 0.667. The highest BCUT2D eigenvalue weighted by Gasteiger charge is 2.25. The molecule has 0 aromatic carbocycles. The monoisotopic (exact) mass is 299 g/mol. The van der Waals surface area contributed by atoms with Gasteiger partial charge in [-0.2, -0.15) is 0 Å². The zero-order valence-electron chi connectivity index (χ0n) is 12.6. The quantitative estimate of drug-likeness (QED) is 0.927. The Bertz CT molecular complexity index is 428. The minimum absolute atomic E-state index is 0. The lowest BCUT2D eigenvalue weighted by atomic mass is 9.92. The molecule has 2 rings (SSSR count). The van der Waals surface area contributed by atoms with Crippen molar-refractivity contribution in [3.63, 3.8) is 0 Å². The number of halogens is 1. The summed E-state index contributed by atoms with van der Waals surface area (Å²) < 4.78 is 5.31. The first kappa shape index (κ1) is 17.2. The maximum atomic E-state index is 5.91. The number of nitrogens with two attached hydrogens (primary N) is 1. The van der Waals surface area contributed by atoms with Crippen molar-refractivity contribution in [2.75, 3.05) is 20.2 Å². The van der Waals surface area contributed by atoms with E-state index >= 15 is 0 Å². The second-order valence-electron chi connectivity index (χ2n) is 5.63. The van der Waals surface area contributed by atoms with Crippen LogP contribution in [0.3, 0.4) is 0 Å². The largest absolute Gasteiger partial charge is 0.497 e. The van der Waals surface area contributed by atoms with E-state index in [1.807, 2.05) is 19.1 Å². The van der Waals surface area contributed by atoms with Crippen molar-refractivity contribution in [1.29, 1.82) is 0 Å². The number of hydrogen-bond donors (Lipinski definition) is 1. The van der Waals surface area contributed by atoms with E-state index in [1.165, 1.54) is 12.8 Å². The van der Waals surface area contributed by atoms with Gasteiger partial charge in [0, 0.05) is 37.0 Å². The molecule has 2 N–H and O–H groups in total. The van der Waals surface area contributed by atoms with Crippen LogP contribution in [0.25, 0.3) is 0 Å². The zero-order valence-corrected chi connectivity index (χ0v) is 13.4. The summed E-state index contributed by atoms with van der Waals surface area (Å²) in [7, 11) is 1.70. The van der Waals surface area contributed by atoms with E-state index in [9.17, 15) is 0 Å². The lowest BCUT2D eigenvalue weighted by Gasteiger charge is -2.37. The van der Waals surface area contributed by atoms with E-state index in [0.29, 0.717) is 6.04 Å². The predicted octanol–water partition coefficient (Wildman–Crippen LogP) is 2.38. The van der Waals surface area contributed by atoms with Gasteiger partial charge < -0.3 is 10.5 Å². The summed E-state index contributed by atoms with van der Waals surface area (Å²) >= 11 is 0. The Labute approximate surface area is 128 Å². The fourth-order valence-corrected chi connectivity index (χ4v) is 2.86. The summed E-state index contributed by atoms with van der Waals surface area (Å²) in [5.41, 5.74) is 7.99. The second kappa shape index (κ2) is 7.81. The van der Waals surface area contributed by atoms with E-state index in [-0.39, 0.29) is 12.4 Å². The van der Waals surface area contributed by atoms with Gasteiger partial charge in [-0.15, -0.1) is 12.4 Å². The summed E-state index contributed by atoms with van der Waals surface area (Å²) in [6.07, 6.45) is 2.44. The SMILES string of the molecule is COc1cc(C)nc(CN2CCC(C)CC2CN)c1.Cl. The maximum Gasteiger partial charge on any atom is 0.122 e. The third-order valence-electron chi connectivity index (χ3n) is 3.95. The van der Waals surface area contributed by atoms with Gasteiger partial charge in [0.25, 0.3) is 0 Å². The molecular weight excluding hydrogens is 274 g/mol. The highest BCUT2D eigenvalue weighted by Crippen LogP contribution is 2.24. The Morgan fingerprint density at radius 2 is 2.20 bits per heavy atom. The van der Waals surface area contributed by atoms with Gasteiger partial charge in [0.05, 0.1) is 12.8 Å². The summed E-state index contributed by atoms with van der Waals surface area (Å²) in [6.45, 7) is 7.03. The minimum Gasteiger partial charge on any atom is -0.497 e. The molecule has 114 valence electrons. The first-order valence-corrected chi connectivity index (χ1v) is 7.08. The number of hydrogen-bond acceptors (Lipinski definition) is 4. The second-order valence-corrected chi connectivity index (χ2v) is 5.63. The van der Waals surface area contributed by atoms with Crippen LogP contribution in [0.1, 0.15) is 31.2 Å². The molecular formula is C15H26ClN3O. The molecule has 0 radical (unpaired) electrons. The molecule has 1 fully saturated rings. The molecule has 2 atom stereocenters. The van der Waals surface area contributed by atoms with Crippen LogP contribution in [0.15, 0.2) is 12.1 Å². The van der Waals surface area contributed by atoms with Crippen LogP contribution in [0.2, 0.25) is 0 Å².